The topological polar surface area (TPSA) is 66.9 Å². The summed E-state index contributed by atoms with van der Waals surface area (Å²) in [5.41, 5.74) is 1.29. The lowest BCUT2D eigenvalue weighted by Crippen LogP contribution is -2.67. The number of β-lactam (4-membered cyclic amide) rings is 1. The number of halogens is 1. The van der Waals surface area contributed by atoms with E-state index in [1.165, 1.54) is 23.1 Å². The Morgan fingerprint density at radius 2 is 1.38 bits per heavy atom. The Morgan fingerprint density at radius 3 is 1.97 bits per heavy atom. The molecule has 0 saturated carbocycles. The van der Waals surface area contributed by atoms with Crippen molar-refractivity contribution in [3.05, 3.63) is 95.3 Å². The molecule has 6 nitrogen and oxygen atoms in total. The van der Waals surface area contributed by atoms with E-state index >= 15 is 0 Å². The molecule has 2 aliphatic rings. The molecule has 1 fully saturated rings. The summed E-state index contributed by atoms with van der Waals surface area (Å²) < 4.78 is 20.1. The largest absolute Gasteiger partial charge is 0.494 e. The number of amides is 3. The highest BCUT2D eigenvalue weighted by Gasteiger charge is 2.57. The zero-order chi connectivity index (χ0) is 22.4. The number of carbonyl (C=O) groups excluding carboxylic acids is 3. The van der Waals surface area contributed by atoms with Crippen molar-refractivity contribution in [2.75, 3.05) is 11.5 Å². The molecule has 0 spiro atoms. The van der Waals surface area contributed by atoms with E-state index in [0.717, 1.165) is 4.90 Å². The Kier molecular flexibility index (Phi) is 4.74. The van der Waals surface area contributed by atoms with Crippen molar-refractivity contribution in [3.8, 4) is 5.75 Å². The average molecular weight is 430 g/mol. The standard InChI is InChI=1S/C25H19FN2O4/c1-2-32-16-13-11-15(12-14-16)21-22(25(31)27(21)20-10-6-5-9-19(20)26)28-23(29)17-7-3-4-8-18(17)24(28)30/h3-14,21-22H,2H2,1H3. The van der Waals surface area contributed by atoms with E-state index in [1.54, 1.807) is 54.6 Å². The normalized spacial score (nSPS) is 19.8. The van der Waals surface area contributed by atoms with Crippen LogP contribution >= 0.6 is 0 Å². The van der Waals surface area contributed by atoms with Gasteiger partial charge in [0.1, 0.15) is 17.6 Å². The first-order valence-electron chi connectivity index (χ1n) is 10.3. The maximum absolute atomic E-state index is 14.6. The van der Waals surface area contributed by atoms with Crippen LogP contribution in [0.25, 0.3) is 0 Å². The van der Waals surface area contributed by atoms with Gasteiger partial charge in [-0.05, 0) is 48.9 Å². The first kappa shape index (κ1) is 19.9. The molecule has 0 aromatic heterocycles. The highest BCUT2D eigenvalue weighted by Crippen LogP contribution is 2.45. The molecule has 0 bridgehead atoms. The Labute approximate surface area is 183 Å². The van der Waals surface area contributed by atoms with Crippen LogP contribution in [0.4, 0.5) is 10.1 Å². The fraction of sp³-hybridized carbons (Fsp3) is 0.160. The molecule has 2 unspecified atom stereocenters. The fourth-order valence-electron chi connectivity index (χ4n) is 4.36. The summed E-state index contributed by atoms with van der Waals surface area (Å²) >= 11 is 0. The first-order chi connectivity index (χ1) is 15.5. The Bertz CT molecular complexity index is 1210. The molecule has 2 atom stereocenters. The number of benzene rings is 3. The van der Waals surface area contributed by atoms with Gasteiger partial charge in [-0.1, -0.05) is 36.4 Å². The third-order valence-corrected chi connectivity index (χ3v) is 5.82. The van der Waals surface area contributed by atoms with Gasteiger partial charge in [0.15, 0.2) is 0 Å². The van der Waals surface area contributed by atoms with Crippen LogP contribution in [0.2, 0.25) is 0 Å². The third kappa shape index (κ3) is 2.89. The maximum Gasteiger partial charge on any atom is 0.262 e. The van der Waals surface area contributed by atoms with Gasteiger partial charge in [0.25, 0.3) is 17.7 Å². The molecule has 3 amide bonds. The van der Waals surface area contributed by atoms with Gasteiger partial charge in [-0.2, -0.15) is 0 Å². The maximum atomic E-state index is 14.6. The van der Waals surface area contributed by atoms with Gasteiger partial charge in [0, 0.05) is 0 Å². The summed E-state index contributed by atoms with van der Waals surface area (Å²) in [6, 6.07) is 17.7. The van der Waals surface area contributed by atoms with Crippen LogP contribution in [0.3, 0.4) is 0 Å². The lowest BCUT2D eigenvalue weighted by Gasteiger charge is -2.49. The average Bonchev–Trinajstić information content (AvgIpc) is 3.05. The van der Waals surface area contributed by atoms with Gasteiger partial charge >= 0.3 is 0 Å². The van der Waals surface area contributed by atoms with Crippen molar-refractivity contribution >= 4 is 23.4 Å². The van der Waals surface area contributed by atoms with Gasteiger partial charge in [-0.25, -0.2) is 4.39 Å². The summed E-state index contributed by atoms with van der Waals surface area (Å²) in [5.74, 6) is -1.46. The zero-order valence-corrected chi connectivity index (χ0v) is 17.2. The van der Waals surface area contributed by atoms with E-state index in [2.05, 4.69) is 0 Å². The van der Waals surface area contributed by atoms with Gasteiger partial charge in [-0.15, -0.1) is 0 Å². The van der Waals surface area contributed by atoms with Crippen molar-refractivity contribution in [1.29, 1.82) is 0 Å². The molecule has 3 aromatic rings. The molecule has 1 saturated heterocycles. The SMILES string of the molecule is CCOc1ccc(C2C(N3C(=O)c4ccccc4C3=O)C(=O)N2c2ccccc2F)cc1. The number of hydrogen-bond donors (Lipinski definition) is 0. The van der Waals surface area contributed by atoms with E-state index in [0.29, 0.717) is 17.9 Å². The molecule has 5 rings (SSSR count). The number of nitrogens with zero attached hydrogens (tertiary/aromatic N) is 2. The van der Waals surface area contributed by atoms with Crippen LogP contribution in [0.5, 0.6) is 5.75 Å². The number of fused-ring (bicyclic) bond motifs is 1. The third-order valence-electron chi connectivity index (χ3n) is 5.82. The van der Waals surface area contributed by atoms with E-state index in [9.17, 15) is 18.8 Å². The Hall–Kier alpha value is -4.00. The molecule has 2 heterocycles. The van der Waals surface area contributed by atoms with Gasteiger partial charge in [0.05, 0.1) is 29.5 Å². The van der Waals surface area contributed by atoms with Crippen LogP contribution < -0.4 is 9.64 Å². The Balaban J connectivity index is 1.58. The quantitative estimate of drug-likeness (QED) is 0.454. The summed E-state index contributed by atoms with van der Waals surface area (Å²) in [5, 5.41) is 0. The molecular formula is C25H19FN2O4. The predicted molar refractivity (Wildman–Crippen MR) is 115 cm³/mol. The number of rotatable bonds is 5. The number of para-hydroxylation sites is 1. The summed E-state index contributed by atoms with van der Waals surface area (Å²) in [6.45, 7) is 2.37. The summed E-state index contributed by atoms with van der Waals surface area (Å²) in [4.78, 5) is 41.7. The van der Waals surface area contributed by atoms with Gasteiger partial charge in [0.2, 0.25) is 0 Å². The van der Waals surface area contributed by atoms with Crippen LogP contribution in [-0.2, 0) is 4.79 Å². The lowest BCUT2D eigenvalue weighted by atomic mass is 9.86. The van der Waals surface area contributed by atoms with Crippen LogP contribution in [0.15, 0.2) is 72.8 Å². The highest BCUT2D eigenvalue weighted by molar-refractivity contribution is 6.24. The summed E-state index contributed by atoms with van der Waals surface area (Å²) in [7, 11) is 0. The van der Waals surface area contributed by atoms with Crippen molar-refractivity contribution in [2.24, 2.45) is 0 Å². The molecule has 7 heteroatoms. The number of anilines is 1. The van der Waals surface area contributed by atoms with E-state index in [-0.39, 0.29) is 16.8 Å². The molecule has 0 radical (unpaired) electrons. The zero-order valence-electron chi connectivity index (χ0n) is 17.2. The minimum Gasteiger partial charge on any atom is -0.494 e. The minimum atomic E-state index is -1.07. The van der Waals surface area contributed by atoms with E-state index < -0.39 is 35.6 Å². The summed E-state index contributed by atoms with van der Waals surface area (Å²) in [6.07, 6.45) is 0. The highest BCUT2D eigenvalue weighted by atomic mass is 19.1. The molecular weight excluding hydrogens is 411 g/mol. The second-order valence-electron chi connectivity index (χ2n) is 7.58. The van der Waals surface area contributed by atoms with E-state index in [1.807, 2.05) is 6.92 Å². The molecule has 0 aliphatic carbocycles. The Morgan fingerprint density at radius 1 is 0.781 bits per heavy atom. The smallest absolute Gasteiger partial charge is 0.262 e. The van der Waals surface area contributed by atoms with E-state index in [4.69, 9.17) is 4.74 Å². The number of carbonyl (C=O) groups is 3. The van der Waals surface area contributed by atoms with Crippen molar-refractivity contribution < 1.29 is 23.5 Å². The molecule has 3 aromatic carbocycles. The first-order valence-corrected chi connectivity index (χ1v) is 10.3. The number of ether oxygens (including phenoxy) is 1. The van der Waals surface area contributed by atoms with Crippen LogP contribution in [0.1, 0.15) is 39.2 Å². The monoisotopic (exact) mass is 430 g/mol. The fourth-order valence-corrected chi connectivity index (χ4v) is 4.36. The van der Waals surface area contributed by atoms with Gasteiger partial charge < -0.3 is 4.74 Å². The van der Waals surface area contributed by atoms with Crippen LogP contribution in [0, 0.1) is 5.82 Å². The van der Waals surface area contributed by atoms with Crippen molar-refractivity contribution in [1.82, 2.24) is 4.90 Å². The molecule has 32 heavy (non-hydrogen) atoms. The molecule has 160 valence electrons. The molecule has 2 aliphatic heterocycles. The minimum absolute atomic E-state index is 0.101. The predicted octanol–water partition coefficient (Wildman–Crippen LogP) is 3.98. The van der Waals surface area contributed by atoms with Crippen molar-refractivity contribution in [3.63, 3.8) is 0 Å². The lowest BCUT2D eigenvalue weighted by molar-refractivity contribution is -0.130. The number of imide groups is 1. The van der Waals surface area contributed by atoms with Crippen molar-refractivity contribution in [2.45, 2.75) is 19.0 Å². The molecule has 0 N–H and O–H groups in total. The second kappa shape index (κ2) is 7.60. The number of hydrogen-bond acceptors (Lipinski definition) is 4. The van der Waals surface area contributed by atoms with Gasteiger partial charge in [-0.3, -0.25) is 24.2 Å². The van der Waals surface area contributed by atoms with Crippen LogP contribution in [-0.4, -0.2) is 35.3 Å². The second-order valence-corrected chi connectivity index (χ2v) is 7.58.